The first-order valence-corrected chi connectivity index (χ1v) is 10.2. The number of hydrogen-bond donors (Lipinski definition) is 3. The van der Waals surface area contributed by atoms with Crippen LogP contribution in [0, 0.1) is 12.8 Å². The number of anilines is 1. The highest BCUT2D eigenvalue weighted by Crippen LogP contribution is 2.33. The predicted octanol–water partition coefficient (Wildman–Crippen LogP) is 3.70. The van der Waals surface area contributed by atoms with E-state index in [0.29, 0.717) is 11.0 Å². The van der Waals surface area contributed by atoms with Crippen molar-refractivity contribution in [3.63, 3.8) is 0 Å². The summed E-state index contributed by atoms with van der Waals surface area (Å²) in [6, 6.07) is 6.53. The highest BCUT2D eigenvalue weighted by Gasteiger charge is 2.23. The number of aromatic nitrogens is 1. The van der Waals surface area contributed by atoms with Crippen molar-refractivity contribution in [1.29, 1.82) is 0 Å². The number of hydrogen-bond acceptors (Lipinski definition) is 4. The summed E-state index contributed by atoms with van der Waals surface area (Å²) in [5.41, 5.74) is 8.31. The smallest absolute Gasteiger partial charge is 0.312 e. The Bertz CT molecular complexity index is 833. The van der Waals surface area contributed by atoms with E-state index >= 15 is 0 Å². The second-order valence-electron chi connectivity index (χ2n) is 7.08. The van der Waals surface area contributed by atoms with Crippen molar-refractivity contribution >= 4 is 28.4 Å². The molecular formula is C20H26N4O2S. The Balaban J connectivity index is 1.69. The van der Waals surface area contributed by atoms with Gasteiger partial charge in [-0.25, -0.2) is 9.78 Å². The topological polar surface area (TPSA) is 97.1 Å². The predicted molar refractivity (Wildman–Crippen MR) is 108 cm³/mol. The lowest BCUT2D eigenvalue weighted by Gasteiger charge is -2.19. The fraction of sp³-hybridized carbons (Fsp3) is 0.450. The molecule has 27 heavy (non-hydrogen) atoms. The van der Waals surface area contributed by atoms with Crippen LogP contribution in [0.4, 0.5) is 9.93 Å². The average molecular weight is 387 g/mol. The van der Waals surface area contributed by atoms with Crippen LogP contribution in [-0.2, 0) is 17.6 Å². The van der Waals surface area contributed by atoms with Crippen LogP contribution in [-0.4, -0.2) is 16.9 Å². The highest BCUT2D eigenvalue weighted by molar-refractivity contribution is 7.15. The number of rotatable bonds is 6. The molecule has 1 aliphatic carbocycles. The van der Waals surface area contributed by atoms with Gasteiger partial charge in [-0.05, 0) is 43.2 Å². The van der Waals surface area contributed by atoms with Crippen molar-refractivity contribution in [3.05, 3.63) is 46.0 Å². The second-order valence-corrected chi connectivity index (χ2v) is 8.16. The molecule has 6 nitrogen and oxygen atoms in total. The molecule has 0 saturated heterocycles. The molecule has 1 heterocycles. The van der Waals surface area contributed by atoms with Crippen molar-refractivity contribution in [2.45, 2.75) is 52.0 Å². The van der Waals surface area contributed by atoms with E-state index in [9.17, 15) is 9.59 Å². The normalized spacial score (nSPS) is 17.0. The van der Waals surface area contributed by atoms with Gasteiger partial charge in [-0.3, -0.25) is 4.79 Å². The summed E-state index contributed by atoms with van der Waals surface area (Å²) in [6.45, 7) is 4.17. The average Bonchev–Trinajstić information content (AvgIpc) is 3.02. The van der Waals surface area contributed by atoms with Crippen LogP contribution in [0.2, 0.25) is 0 Å². The van der Waals surface area contributed by atoms with E-state index in [0.717, 1.165) is 29.7 Å². The zero-order valence-corrected chi connectivity index (χ0v) is 16.6. The third-order valence-corrected chi connectivity index (χ3v) is 6.17. The summed E-state index contributed by atoms with van der Waals surface area (Å²) in [7, 11) is 0. The Morgan fingerprint density at radius 2 is 2.15 bits per heavy atom. The Morgan fingerprint density at radius 1 is 1.37 bits per heavy atom. The van der Waals surface area contributed by atoms with Crippen LogP contribution in [0.15, 0.2) is 24.3 Å². The second kappa shape index (κ2) is 8.52. The summed E-state index contributed by atoms with van der Waals surface area (Å²) in [6.07, 6.45) is 4.48. The lowest BCUT2D eigenvalue weighted by Crippen LogP contribution is -2.35. The van der Waals surface area contributed by atoms with Crippen LogP contribution < -0.4 is 16.4 Å². The summed E-state index contributed by atoms with van der Waals surface area (Å²) in [5, 5.41) is 6.22. The number of nitrogens with one attached hydrogen (secondary N) is 2. The van der Waals surface area contributed by atoms with Crippen LogP contribution in [0.25, 0.3) is 0 Å². The Kier molecular flexibility index (Phi) is 6.11. The van der Waals surface area contributed by atoms with Gasteiger partial charge in [-0.15, -0.1) is 11.3 Å². The minimum Gasteiger partial charge on any atom is -0.352 e. The number of primary amides is 1. The molecule has 144 valence electrons. The molecule has 2 unspecified atom stereocenters. The first-order valence-electron chi connectivity index (χ1n) is 9.36. The molecule has 3 rings (SSSR count). The summed E-state index contributed by atoms with van der Waals surface area (Å²) in [4.78, 5) is 29.9. The van der Waals surface area contributed by atoms with Gasteiger partial charge in [0.05, 0.1) is 18.2 Å². The van der Waals surface area contributed by atoms with Gasteiger partial charge >= 0.3 is 6.03 Å². The Morgan fingerprint density at radius 3 is 2.85 bits per heavy atom. The molecule has 0 saturated carbocycles. The third-order valence-electron chi connectivity index (χ3n) is 5.14. The maximum absolute atomic E-state index is 12.6. The Labute approximate surface area is 163 Å². The minimum atomic E-state index is -0.647. The van der Waals surface area contributed by atoms with Gasteiger partial charge in [0.25, 0.3) is 0 Å². The van der Waals surface area contributed by atoms with Gasteiger partial charge in [0.2, 0.25) is 5.91 Å². The van der Waals surface area contributed by atoms with Gasteiger partial charge in [0.1, 0.15) is 0 Å². The molecule has 2 atom stereocenters. The number of carbonyl (C=O) groups excluding carboxylic acids is 2. The molecule has 1 aliphatic rings. The molecule has 4 N–H and O–H groups in total. The quantitative estimate of drug-likeness (QED) is 0.706. The number of amides is 3. The van der Waals surface area contributed by atoms with E-state index < -0.39 is 12.1 Å². The van der Waals surface area contributed by atoms with E-state index in [1.807, 2.05) is 31.2 Å². The fourth-order valence-corrected chi connectivity index (χ4v) is 4.73. The zero-order chi connectivity index (χ0) is 19.4. The third kappa shape index (κ3) is 4.86. The van der Waals surface area contributed by atoms with Crippen LogP contribution in [0.1, 0.15) is 53.9 Å². The first-order chi connectivity index (χ1) is 13.0. The minimum absolute atomic E-state index is 0.107. The van der Waals surface area contributed by atoms with E-state index in [1.54, 1.807) is 11.3 Å². The molecule has 0 radical (unpaired) electrons. The Hall–Kier alpha value is -2.41. The van der Waals surface area contributed by atoms with E-state index in [4.69, 9.17) is 5.73 Å². The van der Waals surface area contributed by atoms with Crippen molar-refractivity contribution in [2.24, 2.45) is 11.7 Å². The van der Waals surface area contributed by atoms with Gasteiger partial charge in [0, 0.05) is 4.88 Å². The van der Waals surface area contributed by atoms with Crippen LogP contribution in [0.5, 0.6) is 0 Å². The molecule has 1 aromatic carbocycles. The lowest BCUT2D eigenvalue weighted by atomic mass is 9.89. The molecule has 1 aromatic heterocycles. The molecule has 3 amide bonds. The van der Waals surface area contributed by atoms with Crippen LogP contribution >= 0.6 is 11.3 Å². The molecule has 2 aromatic rings. The van der Waals surface area contributed by atoms with Crippen molar-refractivity contribution in [1.82, 2.24) is 10.3 Å². The number of nitrogens with two attached hydrogens (primary N) is 1. The maximum Gasteiger partial charge on any atom is 0.312 e. The van der Waals surface area contributed by atoms with Gasteiger partial charge in [-0.1, -0.05) is 37.6 Å². The van der Waals surface area contributed by atoms with E-state index in [2.05, 4.69) is 22.5 Å². The van der Waals surface area contributed by atoms with Gasteiger partial charge < -0.3 is 16.4 Å². The lowest BCUT2D eigenvalue weighted by molar-refractivity contribution is -0.116. The summed E-state index contributed by atoms with van der Waals surface area (Å²) < 4.78 is 0. The van der Waals surface area contributed by atoms with Crippen molar-refractivity contribution in [3.8, 4) is 0 Å². The number of aryl methyl sites for hydroxylation is 2. The highest BCUT2D eigenvalue weighted by atomic mass is 32.1. The van der Waals surface area contributed by atoms with Gasteiger partial charge in [0.15, 0.2) is 5.13 Å². The molecule has 0 spiro atoms. The monoisotopic (exact) mass is 386 g/mol. The SMILES string of the molecule is CCC1CCc2nc(NC(=O)CC(NC(N)=O)c3ccccc3C)sc2C1. The maximum atomic E-state index is 12.6. The van der Waals surface area contributed by atoms with E-state index in [-0.39, 0.29) is 12.3 Å². The summed E-state index contributed by atoms with van der Waals surface area (Å²) in [5.74, 6) is 0.529. The van der Waals surface area contributed by atoms with E-state index in [1.165, 1.54) is 17.7 Å². The molecule has 0 fully saturated rings. The molecular weight excluding hydrogens is 360 g/mol. The number of fused-ring (bicyclic) bond motifs is 1. The number of benzene rings is 1. The van der Waals surface area contributed by atoms with Crippen LogP contribution in [0.3, 0.4) is 0 Å². The molecule has 0 bridgehead atoms. The van der Waals surface area contributed by atoms with Gasteiger partial charge in [-0.2, -0.15) is 0 Å². The number of thiazole rings is 1. The van der Waals surface area contributed by atoms with Crippen molar-refractivity contribution < 1.29 is 9.59 Å². The first kappa shape index (κ1) is 19.4. The standard InChI is InChI=1S/C20H26N4O2S/c1-3-13-8-9-15-17(10-13)27-20(23-15)24-18(25)11-16(22-19(21)26)14-7-5-4-6-12(14)2/h4-7,13,16H,3,8-11H2,1-2H3,(H3,21,22,26)(H,23,24,25). The summed E-state index contributed by atoms with van der Waals surface area (Å²) >= 11 is 1.57. The number of nitrogens with zero attached hydrogens (tertiary/aromatic N) is 1. The largest absolute Gasteiger partial charge is 0.352 e. The fourth-order valence-electron chi connectivity index (χ4n) is 3.59. The molecule has 7 heteroatoms. The number of carbonyl (C=O) groups is 2. The zero-order valence-electron chi connectivity index (χ0n) is 15.7. The van der Waals surface area contributed by atoms with Crippen molar-refractivity contribution in [2.75, 3.05) is 5.32 Å². The molecule has 0 aliphatic heterocycles. The number of urea groups is 1.